The molecule has 0 aromatic heterocycles. The zero-order valence-corrected chi connectivity index (χ0v) is 24.5. The maximum Gasteiger partial charge on any atom is 0.337 e. The molecule has 6 nitrogen and oxygen atoms in total. The van der Waals surface area contributed by atoms with Crippen LogP contribution in [0, 0.1) is 11.3 Å². The van der Waals surface area contributed by atoms with Gasteiger partial charge < -0.3 is 9.47 Å². The third kappa shape index (κ3) is 7.04. The summed E-state index contributed by atoms with van der Waals surface area (Å²) in [4.78, 5) is 27.3. The predicted octanol–water partition coefficient (Wildman–Crippen LogP) is 6.46. The van der Waals surface area contributed by atoms with Gasteiger partial charge in [-0.25, -0.2) is 4.79 Å². The van der Waals surface area contributed by atoms with Crippen molar-refractivity contribution in [2.24, 2.45) is 11.3 Å². The van der Waals surface area contributed by atoms with Crippen molar-refractivity contribution in [3.05, 3.63) is 101 Å². The molecule has 5 rings (SSSR count). The number of halogens is 3. The molecule has 3 aromatic rings. The number of amides is 1. The maximum absolute atomic E-state index is 15.6. The first kappa shape index (κ1) is 30.6. The van der Waals surface area contributed by atoms with E-state index in [1.54, 1.807) is 55.6 Å². The highest BCUT2D eigenvalue weighted by Crippen LogP contribution is 2.56. The highest BCUT2D eigenvalue weighted by Gasteiger charge is 2.61. The van der Waals surface area contributed by atoms with E-state index in [4.69, 9.17) is 9.47 Å². The lowest BCUT2D eigenvalue weighted by atomic mass is 9.73. The molecular formula is C34H37F3N2O4. The molecule has 1 heterocycles. The average Bonchev–Trinajstić information content (AvgIpc) is 3.84. The number of nitrogens with zero attached hydrogens (tertiary/aromatic N) is 2. The summed E-state index contributed by atoms with van der Waals surface area (Å²) in [6, 6.07) is 23.5. The monoisotopic (exact) mass is 594 g/mol. The Kier molecular flexibility index (Phi) is 9.11. The lowest BCUT2D eigenvalue weighted by molar-refractivity contribution is -0.181. The number of hydrogen-bond acceptors (Lipinski definition) is 5. The SMILES string of the molecule is COC(=O)c1cccc(CC2(CN(F)C(=O)C(F)(F)[C@@H]3C[C@@H]3c3ccccc3)CCN(Cc3cccc(OC)c3)CC2)c1. The fourth-order valence-electron chi connectivity index (χ4n) is 6.32. The summed E-state index contributed by atoms with van der Waals surface area (Å²) in [5.41, 5.74) is 2.10. The van der Waals surface area contributed by atoms with Gasteiger partial charge in [0, 0.05) is 12.5 Å². The number of likely N-dealkylation sites (tertiary alicyclic amines) is 1. The van der Waals surface area contributed by atoms with Crippen molar-refractivity contribution < 1.29 is 32.3 Å². The summed E-state index contributed by atoms with van der Waals surface area (Å²) in [6.07, 6.45) is 1.42. The molecule has 9 heteroatoms. The van der Waals surface area contributed by atoms with E-state index in [1.807, 2.05) is 30.3 Å². The molecule has 1 saturated carbocycles. The number of benzene rings is 3. The van der Waals surface area contributed by atoms with Gasteiger partial charge in [0.2, 0.25) is 0 Å². The summed E-state index contributed by atoms with van der Waals surface area (Å²) in [7, 11) is 2.91. The smallest absolute Gasteiger partial charge is 0.337 e. The number of hydrogen-bond donors (Lipinski definition) is 0. The molecule has 1 aliphatic carbocycles. The normalized spacial score (nSPS) is 19.8. The molecule has 1 amide bonds. The van der Waals surface area contributed by atoms with Gasteiger partial charge in [0.15, 0.2) is 0 Å². The van der Waals surface area contributed by atoms with Crippen LogP contribution in [0.4, 0.5) is 13.3 Å². The van der Waals surface area contributed by atoms with Crippen molar-refractivity contribution in [1.82, 2.24) is 10.0 Å². The molecule has 0 radical (unpaired) electrons. The van der Waals surface area contributed by atoms with Crippen LogP contribution < -0.4 is 4.74 Å². The Bertz CT molecular complexity index is 1430. The van der Waals surface area contributed by atoms with Gasteiger partial charge in [0.05, 0.1) is 26.3 Å². The molecule has 1 saturated heterocycles. The van der Waals surface area contributed by atoms with E-state index in [0.717, 1.165) is 22.4 Å². The largest absolute Gasteiger partial charge is 0.497 e. The summed E-state index contributed by atoms with van der Waals surface area (Å²) in [5, 5.41) is -0.248. The average molecular weight is 595 g/mol. The minimum absolute atomic E-state index is 0.140. The van der Waals surface area contributed by atoms with Gasteiger partial charge in [-0.05, 0) is 91.1 Å². The standard InChI is InChI=1S/C34H37F3N2O4/c1-42-28-13-7-9-25(19-28)22-38-16-14-33(15-17-38,21-24-8-6-12-27(18-24)31(40)43-2)23-39(37)32(41)34(35,36)30-20-29(30)26-10-4-3-5-11-26/h3-13,18-19,29-30H,14-17,20-23H2,1-2H3/t29-,30-/m1/s1. The lowest BCUT2D eigenvalue weighted by Crippen LogP contribution is -2.50. The number of methoxy groups -OCH3 is 2. The van der Waals surface area contributed by atoms with Crippen molar-refractivity contribution >= 4 is 11.9 Å². The molecule has 2 fully saturated rings. The molecule has 0 bridgehead atoms. The highest BCUT2D eigenvalue weighted by molar-refractivity contribution is 5.89. The van der Waals surface area contributed by atoms with Crippen LogP contribution in [0.2, 0.25) is 0 Å². The summed E-state index contributed by atoms with van der Waals surface area (Å²) in [5.74, 6) is -7.02. The second-order valence-corrected chi connectivity index (χ2v) is 11.8. The third-order valence-electron chi connectivity index (χ3n) is 8.85. The first-order valence-electron chi connectivity index (χ1n) is 14.6. The lowest BCUT2D eigenvalue weighted by Gasteiger charge is -2.43. The van der Waals surface area contributed by atoms with Gasteiger partial charge in [-0.2, -0.15) is 13.9 Å². The molecule has 0 N–H and O–H groups in total. The van der Waals surface area contributed by atoms with Gasteiger partial charge in [-0.3, -0.25) is 9.69 Å². The summed E-state index contributed by atoms with van der Waals surface area (Å²) >= 11 is 0. The van der Waals surface area contributed by atoms with Crippen molar-refractivity contribution in [3.63, 3.8) is 0 Å². The predicted molar refractivity (Wildman–Crippen MR) is 156 cm³/mol. The number of carbonyl (C=O) groups is 2. The Labute approximate surface area is 250 Å². The molecule has 0 unspecified atom stereocenters. The van der Waals surface area contributed by atoms with Crippen LogP contribution in [0.5, 0.6) is 5.75 Å². The van der Waals surface area contributed by atoms with Crippen LogP contribution in [0.1, 0.15) is 52.2 Å². The van der Waals surface area contributed by atoms with E-state index in [0.29, 0.717) is 44.5 Å². The third-order valence-corrected chi connectivity index (χ3v) is 8.85. The van der Waals surface area contributed by atoms with Crippen molar-refractivity contribution in [3.8, 4) is 5.75 Å². The van der Waals surface area contributed by atoms with Gasteiger partial charge in [0.1, 0.15) is 5.75 Å². The highest BCUT2D eigenvalue weighted by atomic mass is 19.3. The van der Waals surface area contributed by atoms with Gasteiger partial charge in [-0.15, -0.1) is 0 Å². The Morgan fingerprint density at radius 1 is 0.953 bits per heavy atom. The van der Waals surface area contributed by atoms with E-state index >= 15 is 13.3 Å². The quantitative estimate of drug-likeness (QED) is 0.189. The van der Waals surface area contributed by atoms with Crippen LogP contribution in [0.15, 0.2) is 78.9 Å². The summed E-state index contributed by atoms with van der Waals surface area (Å²) in [6.45, 7) is 1.37. The van der Waals surface area contributed by atoms with Crippen LogP contribution in [0.25, 0.3) is 0 Å². The zero-order chi connectivity index (χ0) is 30.6. The topological polar surface area (TPSA) is 59.1 Å². The number of alkyl halides is 2. The van der Waals surface area contributed by atoms with Gasteiger partial charge in [-0.1, -0.05) is 59.1 Å². The molecule has 43 heavy (non-hydrogen) atoms. The zero-order valence-electron chi connectivity index (χ0n) is 24.5. The van der Waals surface area contributed by atoms with Crippen molar-refractivity contribution in [2.45, 2.75) is 44.1 Å². The number of ether oxygens (including phenoxy) is 2. The van der Waals surface area contributed by atoms with Crippen molar-refractivity contribution in [2.75, 3.05) is 33.9 Å². The fourth-order valence-corrected chi connectivity index (χ4v) is 6.32. The van der Waals surface area contributed by atoms with Crippen LogP contribution in [0.3, 0.4) is 0 Å². The molecule has 2 atom stereocenters. The minimum Gasteiger partial charge on any atom is -0.497 e. The van der Waals surface area contributed by atoms with Crippen LogP contribution >= 0.6 is 0 Å². The molecule has 3 aromatic carbocycles. The molecular weight excluding hydrogens is 557 g/mol. The van der Waals surface area contributed by atoms with Crippen LogP contribution in [-0.2, 0) is 22.5 Å². The van der Waals surface area contributed by atoms with E-state index in [1.165, 1.54) is 7.11 Å². The molecule has 2 aliphatic rings. The van der Waals surface area contributed by atoms with E-state index in [2.05, 4.69) is 4.90 Å². The maximum atomic E-state index is 15.6. The molecule has 1 aliphatic heterocycles. The molecule has 0 spiro atoms. The fraction of sp³-hybridized carbons (Fsp3) is 0.412. The Morgan fingerprint density at radius 2 is 1.65 bits per heavy atom. The number of piperidine rings is 1. The van der Waals surface area contributed by atoms with E-state index in [9.17, 15) is 9.59 Å². The van der Waals surface area contributed by atoms with Crippen molar-refractivity contribution in [1.29, 1.82) is 0 Å². The summed E-state index contributed by atoms with van der Waals surface area (Å²) < 4.78 is 56.5. The Balaban J connectivity index is 1.32. The van der Waals surface area contributed by atoms with Crippen LogP contribution in [-0.4, -0.2) is 61.7 Å². The Hall–Kier alpha value is -3.85. The number of rotatable bonds is 11. The Morgan fingerprint density at radius 3 is 2.35 bits per heavy atom. The molecule has 228 valence electrons. The number of carbonyl (C=O) groups excluding carboxylic acids is 2. The first-order chi connectivity index (χ1) is 20.6. The number of esters is 1. The second-order valence-electron chi connectivity index (χ2n) is 11.8. The second kappa shape index (κ2) is 12.8. The minimum atomic E-state index is -3.81. The van der Waals surface area contributed by atoms with E-state index < -0.39 is 41.6 Å². The first-order valence-corrected chi connectivity index (χ1v) is 14.6. The van der Waals surface area contributed by atoms with Gasteiger partial charge in [0.25, 0.3) is 0 Å². The van der Waals surface area contributed by atoms with Gasteiger partial charge >= 0.3 is 17.8 Å². The van der Waals surface area contributed by atoms with E-state index in [-0.39, 0.29) is 11.5 Å².